The van der Waals surface area contributed by atoms with Crippen molar-refractivity contribution in [3.05, 3.63) is 88.0 Å². The van der Waals surface area contributed by atoms with Crippen LogP contribution in [0.4, 0.5) is 27.6 Å². The van der Waals surface area contributed by atoms with Crippen LogP contribution in [0.3, 0.4) is 0 Å². The third-order valence-corrected chi connectivity index (χ3v) is 6.47. The first-order valence-corrected chi connectivity index (χ1v) is 12.1. The van der Waals surface area contributed by atoms with E-state index >= 15 is 0 Å². The van der Waals surface area contributed by atoms with Crippen LogP contribution in [0.2, 0.25) is 0 Å². The van der Waals surface area contributed by atoms with Gasteiger partial charge in [0.15, 0.2) is 0 Å². The summed E-state index contributed by atoms with van der Waals surface area (Å²) in [4.78, 5) is 13.3. The Morgan fingerprint density at radius 2 is 1.82 bits per heavy atom. The Morgan fingerprint density at radius 3 is 2.42 bits per heavy atom. The van der Waals surface area contributed by atoms with Gasteiger partial charge in [-0.05, 0) is 98.8 Å². The van der Waals surface area contributed by atoms with Gasteiger partial charge in [0.25, 0.3) is 5.91 Å². The second kappa shape index (κ2) is 11.1. The molecule has 3 aromatic carbocycles. The molecule has 0 radical (unpaired) electrons. The van der Waals surface area contributed by atoms with Crippen LogP contribution >= 0.6 is 0 Å². The molecule has 38 heavy (non-hydrogen) atoms. The summed E-state index contributed by atoms with van der Waals surface area (Å²) in [5, 5.41) is 14.7. The number of rotatable bonds is 9. The van der Waals surface area contributed by atoms with Crippen LogP contribution in [-0.4, -0.2) is 24.7 Å². The minimum absolute atomic E-state index is 0.0359. The highest BCUT2D eigenvalue weighted by Crippen LogP contribution is 2.48. The number of halogens is 5. The summed E-state index contributed by atoms with van der Waals surface area (Å²) in [5.74, 6) is -2.19. The van der Waals surface area contributed by atoms with Gasteiger partial charge in [-0.3, -0.25) is 4.79 Å². The number of carbonyl (C=O) groups excluding carboxylic acids is 1. The van der Waals surface area contributed by atoms with E-state index in [0.29, 0.717) is 18.4 Å². The molecule has 4 rings (SSSR count). The molecule has 0 aliphatic heterocycles. The molecule has 3 aromatic rings. The van der Waals surface area contributed by atoms with E-state index in [4.69, 9.17) is 4.74 Å². The third-order valence-electron chi connectivity index (χ3n) is 6.47. The number of ether oxygens (including phenoxy) is 1. The molecule has 3 N–H and O–H groups in total. The molecule has 0 saturated heterocycles. The molecule has 1 unspecified atom stereocenters. The molecule has 0 heterocycles. The Bertz CT molecular complexity index is 1340. The summed E-state index contributed by atoms with van der Waals surface area (Å²) in [5.41, 5.74) is -0.544. The van der Waals surface area contributed by atoms with Crippen LogP contribution in [0.5, 0.6) is 11.5 Å². The SMILES string of the molecule is CNC(CCO)c1cc(NC(=O)c2cc(C(F)(F)F)c(C3CC3)cc2Oc2ccc(F)cc2C)ccc1F. The number of amides is 1. The van der Waals surface area contributed by atoms with Crippen molar-refractivity contribution < 1.29 is 36.6 Å². The molecular weight excluding hydrogens is 507 g/mol. The maximum absolute atomic E-state index is 14.5. The Balaban J connectivity index is 1.76. The molecule has 10 heteroatoms. The van der Waals surface area contributed by atoms with Crippen molar-refractivity contribution in [2.45, 2.75) is 44.3 Å². The van der Waals surface area contributed by atoms with Gasteiger partial charge in [-0.25, -0.2) is 8.78 Å². The second-order valence-corrected chi connectivity index (χ2v) is 9.26. The maximum atomic E-state index is 14.5. The number of hydrogen-bond donors (Lipinski definition) is 3. The number of hydrogen-bond acceptors (Lipinski definition) is 4. The van der Waals surface area contributed by atoms with E-state index in [9.17, 15) is 31.9 Å². The Hall–Kier alpha value is -3.50. The van der Waals surface area contributed by atoms with Gasteiger partial charge in [-0.15, -0.1) is 0 Å². The topological polar surface area (TPSA) is 70.6 Å². The number of nitrogens with one attached hydrogen (secondary N) is 2. The second-order valence-electron chi connectivity index (χ2n) is 9.26. The fraction of sp³-hybridized carbons (Fsp3) is 0.321. The van der Waals surface area contributed by atoms with Crippen LogP contribution in [0.15, 0.2) is 48.5 Å². The predicted octanol–water partition coefficient (Wildman–Crippen LogP) is 6.86. The molecule has 1 atom stereocenters. The lowest BCUT2D eigenvalue weighted by Gasteiger charge is -2.20. The first kappa shape index (κ1) is 27.5. The molecular formula is C28H27F5N2O3. The summed E-state index contributed by atoms with van der Waals surface area (Å²) in [6, 6.07) is 8.93. The Kier molecular flexibility index (Phi) is 8.03. The number of aryl methyl sites for hydroxylation is 1. The lowest BCUT2D eigenvalue weighted by atomic mass is 9.98. The number of anilines is 1. The van der Waals surface area contributed by atoms with Crippen molar-refractivity contribution in [2.75, 3.05) is 19.0 Å². The van der Waals surface area contributed by atoms with Gasteiger partial charge in [0.1, 0.15) is 23.1 Å². The fourth-order valence-electron chi connectivity index (χ4n) is 4.35. The quantitative estimate of drug-likeness (QED) is 0.263. The van der Waals surface area contributed by atoms with Crippen molar-refractivity contribution in [1.29, 1.82) is 0 Å². The van der Waals surface area contributed by atoms with Gasteiger partial charge >= 0.3 is 6.18 Å². The van der Waals surface area contributed by atoms with Gasteiger partial charge < -0.3 is 20.5 Å². The highest BCUT2D eigenvalue weighted by molar-refractivity contribution is 6.06. The minimum atomic E-state index is -4.70. The molecule has 0 bridgehead atoms. The predicted molar refractivity (Wildman–Crippen MR) is 132 cm³/mol. The fourth-order valence-corrected chi connectivity index (χ4v) is 4.35. The zero-order valence-corrected chi connectivity index (χ0v) is 20.8. The molecule has 1 amide bonds. The molecule has 0 aromatic heterocycles. The first-order chi connectivity index (χ1) is 18.0. The van der Waals surface area contributed by atoms with Crippen molar-refractivity contribution in [1.82, 2.24) is 5.32 Å². The zero-order chi connectivity index (χ0) is 27.6. The van der Waals surface area contributed by atoms with Crippen molar-refractivity contribution in [3.8, 4) is 11.5 Å². The molecule has 1 fully saturated rings. The molecule has 1 aliphatic rings. The van der Waals surface area contributed by atoms with Gasteiger partial charge in [-0.2, -0.15) is 13.2 Å². The van der Waals surface area contributed by atoms with Crippen LogP contribution in [-0.2, 0) is 6.18 Å². The van der Waals surface area contributed by atoms with E-state index in [1.807, 2.05) is 0 Å². The molecule has 202 valence electrons. The lowest BCUT2D eigenvalue weighted by Crippen LogP contribution is -2.20. The third kappa shape index (κ3) is 6.14. The van der Waals surface area contributed by atoms with Gasteiger partial charge in [0.05, 0.1) is 11.1 Å². The first-order valence-electron chi connectivity index (χ1n) is 12.1. The van der Waals surface area contributed by atoms with E-state index in [2.05, 4.69) is 10.6 Å². The maximum Gasteiger partial charge on any atom is 0.416 e. The van der Waals surface area contributed by atoms with Crippen molar-refractivity contribution in [3.63, 3.8) is 0 Å². The number of alkyl halides is 3. The van der Waals surface area contributed by atoms with E-state index in [-0.39, 0.29) is 52.8 Å². The van der Waals surface area contributed by atoms with Crippen molar-refractivity contribution in [2.24, 2.45) is 0 Å². The molecule has 5 nitrogen and oxygen atoms in total. The highest BCUT2D eigenvalue weighted by Gasteiger charge is 2.40. The average Bonchev–Trinajstić information content (AvgIpc) is 3.70. The summed E-state index contributed by atoms with van der Waals surface area (Å²) in [6.45, 7) is 1.37. The van der Waals surface area contributed by atoms with Crippen molar-refractivity contribution >= 4 is 11.6 Å². The van der Waals surface area contributed by atoms with Gasteiger partial charge in [0, 0.05) is 23.9 Å². The number of carbonyl (C=O) groups is 1. The number of aliphatic hydroxyl groups excluding tert-OH is 1. The van der Waals surface area contributed by atoms with Gasteiger partial charge in [-0.1, -0.05) is 0 Å². The summed E-state index contributed by atoms with van der Waals surface area (Å²) in [6.07, 6.45) is -3.33. The number of benzene rings is 3. The van der Waals surface area contributed by atoms with Crippen LogP contribution < -0.4 is 15.4 Å². The molecule has 0 spiro atoms. The van der Waals surface area contributed by atoms with E-state index < -0.39 is 35.3 Å². The standard InChI is InChI=1S/C28H27F5N2O3/c1-15-11-17(29)5-8-25(15)38-26-14-19(16-3-4-16)22(28(31,32)33)13-21(26)27(37)35-18-6-7-23(30)20(12-18)24(34-2)9-10-36/h5-8,11-14,16,24,34,36H,3-4,9-10H2,1-2H3,(H,35,37). The summed E-state index contributed by atoms with van der Waals surface area (Å²) in [7, 11) is 1.59. The normalized spacial score (nSPS) is 14.3. The van der Waals surface area contributed by atoms with E-state index in [1.54, 1.807) is 14.0 Å². The Morgan fingerprint density at radius 1 is 1.08 bits per heavy atom. The van der Waals surface area contributed by atoms with Crippen LogP contribution in [0.1, 0.15) is 63.8 Å². The average molecular weight is 535 g/mol. The molecule has 1 aliphatic carbocycles. The summed E-state index contributed by atoms with van der Waals surface area (Å²) < 4.78 is 75.9. The van der Waals surface area contributed by atoms with E-state index in [0.717, 1.165) is 18.2 Å². The summed E-state index contributed by atoms with van der Waals surface area (Å²) >= 11 is 0. The monoisotopic (exact) mass is 534 g/mol. The number of aliphatic hydroxyl groups is 1. The minimum Gasteiger partial charge on any atom is -0.456 e. The smallest absolute Gasteiger partial charge is 0.416 e. The highest BCUT2D eigenvalue weighted by atomic mass is 19.4. The van der Waals surface area contributed by atoms with Crippen LogP contribution in [0.25, 0.3) is 0 Å². The Labute approximate surface area is 216 Å². The van der Waals surface area contributed by atoms with Crippen LogP contribution in [0, 0.1) is 18.6 Å². The van der Waals surface area contributed by atoms with E-state index in [1.165, 1.54) is 30.3 Å². The zero-order valence-electron chi connectivity index (χ0n) is 20.8. The van der Waals surface area contributed by atoms with Gasteiger partial charge in [0.2, 0.25) is 0 Å². The lowest BCUT2D eigenvalue weighted by molar-refractivity contribution is -0.138. The molecule has 1 saturated carbocycles. The largest absolute Gasteiger partial charge is 0.456 e.